The van der Waals surface area contributed by atoms with E-state index in [1.807, 2.05) is 6.07 Å². The second-order valence-electron chi connectivity index (χ2n) is 6.53. The molecule has 0 spiro atoms. The molecular weight excluding hydrogens is 356 g/mol. The number of carbonyl (C=O) groups excluding carboxylic acids is 2. The van der Waals surface area contributed by atoms with Crippen molar-refractivity contribution in [2.45, 2.75) is 38.5 Å². The molecule has 0 fully saturated rings. The first-order valence-electron chi connectivity index (χ1n) is 9.50. The lowest BCUT2D eigenvalue weighted by Gasteiger charge is -2.09. The molecular formula is C23H28O3S. The number of esters is 1. The van der Waals surface area contributed by atoms with Crippen LogP contribution < -0.4 is 0 Å². The van der Waals surface area contributed by atoms with E-state index in [4.69, 9.17) is 0 Å². The molecule has 0 aliphatic carbocycles. The van der Waals surface area contributed by atoms with Gasteiger partial charge in [0.05, 0.1) is 12.9 Å². The van der Waals surface area contributed by atoms with Crippen LogP contribution in [0, 0.1) is 0 Å². The normalized spacial score (nSPS) is 10.6. The lowest BCUT2D eigenvalue weighted by Crippen LogP contribution is -2.11. The molecule has 3 nitrogen and oxygen atoms in total. The summed E-state index contributed by atoms with van der Waals surface area (Å²) in [7, 11) is 1.31. The Labute approximate surface area is 166 Å². The highest BCUT2D eigenvalue weighted by Crippen LogP contribution is 2.25. The Morgan fingerprint density at radius 3 is 2.37 bits per heavy atom. The topological polar surface area (TPSA) is 43.4 Å². The monoisotopic (exact) mass is 384 g/mol. The number of unbranched alkanes of at least 4 members (excludes halogenated alkanes) is 3. The Morgan fingerprint density at radius 2 is 1.59 bits per heavy atom. The molecule has 0 bridgehead atoms. The highest BCUT2D eigenvalue weighted by atomic mass is 32.2. The van der Waals surface area contributed by atoms with Crippen LogP contribution in [0.3, 0.4) is 0 Å². The van der Waals surface area contributed by atoms with Crippen LogP contribution in [0.1, 0.15) is 37.7 Å². The zero-order valence-corrected chi connectivity index (χ0v) is 16.8. The summed E-state index contributed by atoms with van der Waals surface area (Å²) in [5.41, 5.74) is 4.02. The molecule has 27 heavy (non-hydrogen) atoms. The fourth-order valence-corrected chi connectivity index (χ4v) is 3.86. The van der Waals surface area contributed by atoms with Crippen LogP contribution in [0.5, 0.6) is 0 Å². The number of hydrogen-bond acceptors (Lipinski definition) is 4. The summed E-state index contributed by atoms with van der Waals surface area (Å²) in [5.74, 6) is 0.869. The SMILES string of the molecule is COC(=O)CC(=O)CSCCCCCCc1ccccc1-c1ccccc1. The van der Waals surface area contributed by atoms with E-state index >= 15 is 0 Å². The van der Waals surface area contributed by atoms with Gasteiger partial charge in [-0.25, -0.2) is 0 Å². The fraction of sp³-hybridized carbons (Fsp3) is 0.391. The highest BCUT2D eigenvalue weighted by Gasteiger charge is 2.09. The lowest BCUT2D eigenvalue weighted by molar-refractivity contribution is -0.142. The molecule has 0 aromatic heterocycles. The van der Waals surface area contributed by atoms with Gasteiger partial charge >= 0.3 is 5.97 Å². The number of Topliss-reactive ketones (excluding diaryl/α,β-unsaturated/α-hetero) is 1. The highest BCUT2D eigenvalue weighted by molar-refractivity contribution is 7.99. The molecule has 0 unspecified atom stereocenters. The zero-order valence-electron chi connectivity index (χ0n) is 16.0. The average Bonchev–Trinajstić information content (AvgIpc) is 2.70. The standard InChI is InChI=1S/C23H28O3S/c1-26-23(25)17-21(24)18-27-16-10-3-2-5-11-20-14-8-9-15-22(20)19-12-6-4-7-13-19/h4,6-9,12-15H,2-3,5,10-11,16-18H2,1H3. The van der Waals surface area contributed by atoms with Gasteiger partial charge in [0, 0.05) is 0 Å². The third-order valence-electron chi connectivity index (χ3n) is 4.42. The molecule has 2 aromatic carbocycles. The van der Waals surface area contributed by atoms with E-state index in [2.05, 4.69) is 53.3 Å². The van der Waals surface area contributed by atoms with Crippen LogP contribution in [-0.4, -0.2) is 30.4 Å². The number of hydrogen-bond donors (Lipinski definition) is 0. The van der Waals surface area contributed by atoms with Crippen molar-refractivity contribution in [3.8, 4) is 11.1 Å². The Balaban J connectivity index is 1.61. The van der Waals surface area contributed by atoms with Crippen molar-refractivity contribution in [3.05, 3.63) is 60.2 Å². The summed E-state index contributed by atoms with van der Waals surface area (Å²) in [6.07, 6.45) is 5.64. The van der Waals surface area contributed by atoms with Crippen molar-refractivity contribution in [2.75, 3.05) is 18.6 Å². The van der Waals surface area contributed by atoms with Gasteiger partial charge in [-0.1, -0.05) is 67.4 Å². The summed E-state index contributed by atoms with van der Waals surface area (Å²) < 4.78 is 4.50. The lowest BCUT2D eigenvalue weighted by atomic mass is 9.96. The van der Waals surface area contributed by atoms with Crippen LogP contribution >= 0.6 is 11.8 Å². The smallest absolute Gasteiger partial charge is 0.313 e. The third kappa shape index (κ3) is 8.00. The van der Waals surface area contributed by atoms with Crippen molar-refractivity contribution < 1.29 is 14.3 Å². The zero-order chi connectivity index (χ0) is 19.3. The van der Waals surface area contributed by atoms with E-state index in [9.17, 15) is 9.59 Å². The number of rotatable bonds is 12. The number of methoxy groups -OCH3 is 1. The van der Waals surface area contributed by atoms with Gasteiger partial charge in [-0.3, -0.25) is 9.59 Å². The fourth-order valence-electron chi connectivity index (χ4n) is 2.98. The Morgan fingerprint density at radius 1 is 0.889 bits per heavy atom. The second kappa shape index (κ2) is 12.3. The molecule has 2 aromatic rings. The average molecular weight is 385 g/mol. The predicted octanol–water partition coefficient (Wildman–Crippen LogP) is 5.32. The molecule has 0 heterocycles. The van der Waals surface area contributed by atoms with Gasteiger partial charge in [0.25, 0.3) is 0 Å². The maximum absolute atomic E-state index is 11.5. The first kappa shape index (κ1) is 21.2. The summed E-state index contributed by atoms with van der Waals surface area (Å²) in [6.45, 7) is 0. The minimum atomic E-state index is -0.448. The van der Waals surface area contributed by atoms with E-state index in [-0.39, 0.29) is 12.2 Å². The third-order valence-corrected chi connectivity index (χ3v) is 5.52. The molecule has 0 saturated heterocycles. The van der Waals surface area contributed by atoms with Gasteiger partial charge in [-0.15, -0.1) is 0 Å². The van der Waals surface area contributed by atoms with Crippen LogP contribution in [0.2, 0.25) is 0 Å². The second-order valence-corrected chi connectivity index (χ2v) is 7.64. The van der Waals surface area contributed by atoms with Crippen LogP contribution in [0.15, 0.2) is 54.6 Å². The summed E-state index contributed by atoms with van der Waals surface area (Å²) in [5, 5.41) is 0. The number of aryl methyl sites for hydroxylation is 1. The molecule has 2 rings (SSSR count). The van der Waals surface area contributed by atoms with Crippen molar-refractivity contribution in [1.82, 2.24) is 0 Å². The Kier molecular flexibility index (Phi) is 9.70. The number of ether oxygens (including phenoxy) is 1. The van der Waals surface area contributed by atoms with Crippen molar-refractivity contribution >= 4 is 23.5 Å². The van der Waals surface area contributed by atoms with Crippen LogP contribution in [-0.2, 0) is 20.7 Å². The van der Waals surface area contributed by atoms with Gasteiger partial charge in [0.2, 0.25) is 0 Å². The van der Waals surface area contributed by atoms with Crippen LogP contribution in [0.4, 0.5) is 0 Å². The van der Waals surface area contributed by atoms with Gasteiger partial charge in [-0.05, 0) is 41.7 Å². The number of benzene rings is 2. The van der Waals surface area contributed by atoms with Crippen molar-refractivity contribution in [2.24, 2.45) is 0 Å². The minimum Gasteiger partial charge on any atom is -0.469 e. The Hall–Kier alpha value is -2.07. The number of ketones is 1. The molecule has 144 valence electrons. The molecule has 0 N–H and O–H groups in total. The maximum atomic E-state index is 11.5. The van der Waals surface area contributed by atoms with E-state index in [1.165, 1.54) is 43.1 Å². The molecule has 0 atom stereocenters. The number of thioether (sulfide) groups is 1. The van der Waals surface area contributed by atoms with E-state index in [0.717, 1.165) is 18.6 Å². The Bertz CT molecular complexity index is 713. The number of carbonyl (C=O) groups is 2. The molecule has 0 radical (unpaired) electrons. The van der Waals surface area contributed by atoms with Gasteiger partial charge in [0.15, 0.2) is 5.78 Å². The van der Waals surface area contributed by atoms with Gasteiger partial charge < -0.3 is 4.74 Å². The van der Waals surface area contributed by atoms with Crippen molar-refractivity contribution in [1.29, 1.82) is 0 Å². The first-order valence-corrected chi connectivity index (χ1v) is 10.7. The maximum Gasteiger partial charge on any atom is 0.313 e. The molecule has 4 heteroatoms. The van der Waals surface area contributed by atoms with Gasteiger partial charge in [-0.2, -0.15) is 11.8 Å². The van der Waals surface area contributed by atoms with Crippen molar-refractivity contribution in [3.63, 3.8) is 0 Å². The summed E-state index contributed by atoms with van der Waals surface area (Å²) >= 11 is 1.61. The van der Waals surface area contributed by atoms with Gasteiger partial charge in [0.1, 0.15) is 6.42 Å². The largest absolute Gasteiger partial charge is 0.469 e. The van der Waals surface area contributed by atoms with E-state index in [0.29, 0.717) is 5.75 Å². The van der Waals surface area contributed by atoms with Crippen LogP contribution in [0.25, 0.3) is 11.1 Å². The molecule has 0 saturated carbocycles. The quantitative estimate of drug-likeness (QED) is 0.282. The molecule has 0 aliphatic heterocycles. The minimum absolute atomic E-state index is 0.0515. The predicted molar refractivity (Wildman–Crippen MR) is 113 cm³/mol. The molecule has 0 amide bonds. The van der Waals surface area contributed by atoms with E-state index in [1.54, 1.807) is 11.8 Å². The summed E-state index contributed by atoms with van der Waals surface area (Å²) in [4.78, 5) is 22.5. The summed E-state index contributed by atoms with van der Waals surface area (Å²) in [6, 6.07) is 19.2. The first-order chi connectivity index (χ1) is 13.2. The van der Waals surface area contributed by atoms with E-state index < -0.39 is 5.97 Å². The molecule has 0 aliphatic rings.